The molecule has 22 heavy (non-hydrogen) atoms. The van der Waals surface area contributed by atoms with E-state index in [-0.39, 0.29) is 11.6 Å². The van der Waals surface area contributed by atoms with Crippen molar-refractivity contribution in [3.05, 3.63) is 50.5 Å². The summed E-state index contributed by atoms with van der Waals surface area (Å²) in [6.45, 7) is 2.22. The van der Waals surface area contributed by atoms with Gasteiger partial charge in [-0.05, 0) is 37.3 Å². The van der Waals surface area contributed by atoms with Crippen LogP contribution in [-0.2, 0) is 12.8 Å². The number of aromatic nitrogens is 1. The Kier molecular flexibility index (Phi) is 3.89. The van der Waals surface area contributed by atoms with Crippen molar-refractivity contribution in [1.82, 2.24) is 4.98 Å². The van der Waals surface area contributed by atoms with Gasteiger partial charge in [0, 0.05) is 22.6 Å². The van der Waals surface area contributed by atoms with E-state index < -0.39 is 4.92 Å². The summed E-state index contributed by atoms with van der Waals surface area (Å²) in [4.78, 5) is 28.0. The number of carbonyl (C=O) groups excluding carboxylic acids is 1. The van der Waals surface area contributed by atoms with E-state index in [1.807, 2.05) is 0 Å². The van der Waals surface area contributed by atoms with Gasteiger partial charge in [-0.2, -0.15) is 0 Å². The van der Waals surface area contributed by atoms with E-state index in [0.717, 1.165) is 25.0 Å². The quantitative estimate of drug-likeness (QED) is 0.694. The van der Waals surface area contributed by atoms with Gasteiger partial charge >= 0.3 is 0 Å². The molecule has 1 aromatic heterocycles. The number of thiazole rings is 1. The average molecular weight is 317 g/mol. The van der Waals surface area contributed by atoms with Gasteiger partial charge < -0.3 is 0 Å². The molecule has 1 heterocycles. The maximum atomic E-state index is 12.2. The van der Waals surface area contributed by atoms with Gasteiger partial charge in [0.1, 0.15) is 0 Å². The number of aryl methyl sites for hydroxylation is 1. The molecule has 0 fully saturated rings. The van der Waals surface area contributed by atoms with Gasteiger partial charge in [-0.1, -0.05) is 6.92 Å². The van der Waals surface area contributed by atoms with Crippen LogP contribution in [0.4, 0.5) is 10.8 Å². The summed E-state index contributed by atoms with van der Waals surface area (Å²) in [5.74, 6) is 0.361. The monoisotopic (exact) mass is 317 g/mol. The molecule has 1 aromatic carbocycles. The van der Waals surface area contributed by atoms with Crippen molar-refractivity contribution in [2.75, 3.05) is 5.32 Å². The topological polar surface area (TPSA) is 85.1 Å². The minimum Gasteiger partial charge on any atom is -0.298 e. The van der Waals surface area contributed by atoms with Crippen LogP contribution in [0.3, 0.4) is 0 Å². The second kappa shape index (κ2) is 5.84. The highest BCUT2D eigenvalue weighted by Crippen LogP contribution is 2.32. The highest BCUT2D eigenvalue weighted by atomic mass is 32.1. The van der Waals surface area contributed by atoms with Crippen molar-refractivity contribution in [3.63, 3.8) is 0 Å². The van der Waals surface area contributed by atoms with Crippen LogP contribution in [0.1, 0.15) is 34.3 Å². The van der Waals surface area contributed by atoms with Crippen molar-refractivity contribution in [2.45, 2.75) is 26.2 Å². The highest BCUT2D eigenvalue weighted by molar-refractivity contribution is 7.15. The Morgan fingerprint density at radius 3 is 2.82 bits per heavy atom. The van der Waals surface area contributed by atoms with E-state index in [1.165, 1.54) is 40.5 Å². The number of anilines is 1. The molecule has 1 aliphatic carbocycles. The SMILES string of the molecule is C[C@@H]1CCc2nc(NC(=O)c3ccc([N+](=O)[O-])cc3)sc2C1. The van der Waals surface area contributed by atoms with E-state index in [2.05, 4.69) is 17.2 Å². The predicted molar refractivity (Wildman–Crippen MR) is 84.4 cm³/mol. The summed E-state index contributed by atoms with van der Waals surface area (Å²) in [6.07, 6.45) is 3.10. The third-order valence-electron chi connectivity index (χ3n) is 3.75. The van der Waals surface area contributed by atoms with Crippen LogP contribution in [0, 0.1) is 16.0 Å². The number of nitro benzene ring substituents is 1. The third kappa shape index (κ3) is 2.99. The van der Waals surface area contributed by atoms with E-state index in [4.69, 9.17) is 0 Å². The molecule has 0 unspecified atom stereocenters. The zero-order valence-electron chi connectivity index (χ0n) is 12.0. The summed E-state index contributed by atoms with van der Waals surface area (Å²) in [6, 6.07) is 5.54. The molecule has 1 N–H and O–H groups in total. The molecule has 0 saturated carbocycles. The molecule has 1 aliphatic rings. The largest absolute Gasteiger partial charge is 0.298 e. The van der Waals surface area contributed by atoms with Crippen LogP contribution in [0.15, 0.2) is 24.3 Å². The number of hydrogen-bond donors (Lipinski definition) is 1. The standard InChI is InChI=1S/C15H15N3O3S/c1-9-2-7-12-13(8-9)22-15(16-12)17-14(19)10-3-5-11(6-4-10)18(20)21/h3-6,9H,2,7-8H2,1H3,(H,16,17,19)/t9-/m1/s1. The number of carbonyl (C=O) groups is 1. The van der Waals surface area contributed by atoms with Gasteiger partial charge in [0.05, 0.1) is 10.6 Å². The number of hydrogen-bond acceptors (Lipinski definition) is 5. The minimum absolute atomic E-state index is 0.0322. The number of non-ortho nitro benzene ring substituents is 1. The summed E-state index contributed by atoms with van der Waals surface area (Å²) in [7, 11) is 0. The van der Waals surface area contributed by atoms with Crippen LogP contribution in [0.25, 0.3) is 0 Å². The van der Waals surface area contributed by atoms with E-state index in [1.54, 1.807) is 0 Å². The normalized spacial score (nSPS) is 16.9. The van der Waals surface area contributed by atoms with Gasteiger partial charge in [-0.3, -0.25) is 20.2 Å². The Morgan fingerprint density at radius 2 is 2.14 bits per heavy atom. The first-order chi connectivity index (χ1) is 10.5. The summed E-state index contributed by atoms with van der Waals surface area (Å²) in [5, 5.41) is 14.0. The van der Waals surface area contributed by atoms with Crippen molar-refractivity contribution in [3.8, 4) is 0 Å². The number of nitrogens with zero attached hydrogens (tertiary/aromatic N) is 2. The van der Waals surface area contributed by atoms with Gasteiger partial charge in [-0.25, -0.2) is 4.98 Å². The number of nitro groups is 1. The van der Waals surface area contributed by atoms with Crippen molar-refractivity contribution in [1.29, 1.82) is 0 Å². The molecule has 0 radical (unpaired) electrons. The molecule has 7 heteroatoms. The molecule has 114 valence electrons. The summed E-state index contributed by atoms with van der Waals surface area (Å²) in [5.41, 5.74) is 1.43. The summed E-state index contributed by atoms with van der Waals surface area (Å²) < 4.78 is 0. The lowest BCUT2D eigenvalue weighted by atomic mass is 9.93. The Balaban J connectivity index is 1.73. The van der Waals surface area contributed by atoms with Gasteiger partial charge in [0.2, 0.25) is 0 Å². The Hall–Kier alpha value is -2.28. The molecular weight excluding hydrogens is 302 g/mol. The fraction of sp³-hybridized carbons (Fsp3) is 0.333. The highest BCUT2D eigenvalue weighted by Gasteiger charge is 2.20. The van der Waals surface area contributed by atoms with E-state index >= 15 is 0 Å². The Morgan fingerprint density at radius 1 is 1.41 bits per heavy atom. The Bertz CT molecular complexity index is 724. The van der Waals surface area contributed by atoms with E-state index in [0.29, 0.717) is 16.6 Å². The van der Waals surface area contributed by atoms with E-state index in [9.17, 15) is 14.9 Å². The van der Waals surface area contributed by atoms with Crippen molar-refractivity contribution in [2.24, 2.45) is 5.92 Å². The molecule has 3 rings (SSSR count). The van der Waals surface area contributed by atoms with Crippen molar-refractivity contribution < 1.29 is 9.72 Å². The fourth-order valence-electron chi connectivity index (χ4n) is 2.50. The van der Waals surface area contributed by atoms with Crippen molar-refractivity contribution >= 4 is 28.1 Å². The molecule has 1 atom stereocenters. The van der Waals surface area contributed by atoms with Gasteiger partial charge in [-0.15, -0.1) is 11.3 Å². The van der Waals surface area contributed by atoms with Gasteiger partial charge in [0.15, 0.2) is 5.13 Å². The first kappa shape index (κ1) is 14.6. The third-order valence-corrected chi connectivity index (χ3v) is 4.78. The van der Waals surface area contributed by atoms with Crippen LogP contribution >= 0.6 is 11.3 Å². The molecule has 0 spiro atoms. The zero-order chi connectivity index (χ0) is 15.7. The number of fused-ring (bicyclic) bond motifs is 1. The first-order valence-corrected chi connectivity index (χ1v) is 7.89. The van der Waals surface area contributed by atoms with Crippen LogP contribution in [0.5, 0.6) is 0 Å². The molecule has 1 amide bonds. The van der Waals surface area contributed by atoms with Gasteiger partial charge in [0.25, 0.3) is 11.6 Å². The smallest absolute Gasteiger partial charge is 0.269 e. The van der Waals surface area contributed by atoms with Crippen LogP contribution in [-0.4, -0.2) is 15.8 Å². The lowest BCUT2D eigenvalue weighted by molar-refractivity contribution is -0.384. The molecule has 0 bridgehead atoms. The maximum Gasteiger partial charge on any atom is 0.269 e. The predicted octanol–water partition coefficient (Wildman–Crippen LogP) is 3.43. The zero-order valence-corrected chi connectivity index (χ0v) is 12.9. The van der Waals surface area contributed by atoms with Crippen LogP contribution in [0.2, 0.25) is 0 Å². The fourth-order valence-corrected chi connectivity index (χ4v) is 3.66. The number of rotatable bonds is 3. The molecule has 6 nitrogen and oxygen atoms in total. The summed E-state index contributed by atoms with van der Waals surface area (Å²) >= 11 is 1.52. The minimum atomic E-state index is -0.488. The second-order valence-electron chi connectivity index (χ2n) is 5.49. The number of benzene rings is 1. The van der Waals surface area contributed by atoms with Crippen LogP contribution < -0.4 is 5.32 Å². The number of amides is 1. The lowest BCUT2D eigenvalue weighted by Gasteiger charge is -2.15. The molecule has 0 aliphatic heterocycles. The maximum absolute atomic E-state index is 12.2. The number of nitrogens with one attached hydrogen (secondary N) is 1. The lowest BCUT2D eigenvalue weighted by Crippen LogP contribution is -2.12. The first-order valence-electron chi connectivity index (χ1n) is 7.07. The average Bonchev–Trinajstić information content (AvgIpc) is 2.88. The molecule has 0 saturated heterocycles. The molecule has 2 aromatic rings. The Labute approximate surface area is 131 Å². The molecular formula is C15H15N3O3S. The second-order valence-corrected chi connectivity index (χ2v) is 6.58.